The van der Waals surface area contributed by atoms with Crippen LogP contribution in [-0.4, -0.2) is 57.7 Å². The van der Waals surface area contributed by atoms with Gasteiger partial charge in [-0.1, -0.05) is 6.07 Å². The van der Waals surface area contributed by atoms with Crippen LogP contribution in [0.15, 0.2) is 48.5 Å². The van der Waals surface area contributed by atoms with Gasteiger partial charge < -0.3 is 9.80 Å². The van der Waals surface area contributed by atoms with Crippen molar-refractivity contribution in [3.8, 4) is 0 Å². The van der Waals surface area contributed by atoms with Gasteiger partial charge in [0.25, 0.3) is 5.91 Å². The summed E-state index contributed by atoms with van der Waals surface area (Å²) in [6, 6.07) is 11.7. The molecule has 10 heteroatoms. The molecular formula is C21H22F3N3O3S. The topological polar surface area (TPSA) is 60.9 Å². The summed E-state index contributed by atoms with van der Waals surface area (Å²) in [7, 11) is -3.28. The van der Waals surface area contributed by atoms with E-state index in [1.54, 1.807) is 35.2 Å². The van der Waals surface area contributed by atoms with Gasteiger partial charge in [-0.2, -0.15) is 13.2 Å². The molecule has 0 unspecified atom stereocenters. The Bertz CT molecular complexity index is 1060. The van der Waals surface area contributed by atoms with E-state index >= 15 is 0 Å². The highest BCUT2D eigenvalue weighted by molar-refractivity contribution is 7.93. The third-order valence-electron chi connectivity index (χ3n) is 5.61. The smallest absolute Gasteiger partial charge is 0.368 e. The van der Waals surface area contributed by atoms with Crippen molar-refractivity contribution in [3.05, 3.63) is 59.7 Å². The fourth-order valence-corrected chi connectivity index (χ4v) is 5.49. The number of rotatable bonds is 3. The van der Waals surface area contributed by atoms with E-state index in [1.807, 2.05) is 4.90 Å². The fraction of sp³-hybridized carbons (Fsp3) is 0.381. The summed E-state index contributed by atoms with van der Waals surface area (Å²) >= 11 is 0. The molecule has 0 spiro atoms. The number of piperazine rings is 1. The average molecular weight is 453 g/mol. The lowest BCUT2D eigenvalue weighted by atomic mass is 10.1. The molecule has 0 atom stereocenters. The van der Waals surface area contributed by atoms with Crippen LogP contribution in [0, 0.1) is 0 Å². The Kier molecular flexibility index (Phi) is 5.59. The minimum absolute atomic E-state index is 0.129. The van der Waals surface area contributed by atoms with E-state index < -0.39 is 21.8 Å². The van der Waals surface area contributed by atoms with Crippen LogP contribution in [0.5, 0.6) is 0 Å². The van der Waals surface area contributed by atoms with Crippen molar-refractivity contribution in [1.29, 1.82) is 0 Å². The van der Waals surface area contributed by atoms with Crippen LogP contribution in [0.2, 0.25) is 0 Å². The van der Waals surface area contributed by atoms with E-state index in [0.29, 0.717) is 56.1 Å². The molecule has 0 radical (unpaired) electrons. The maximum Gasteiger partial charge on any atom is 0.416 e. The number of anilines is 2. The Hall–Kier alpha value is -2.75. The molecule has 166 valence electrons. The minimum Gasteiger partial charge on any atom is -0.368 e. The number of benzene rings is 2. The third-order valence-corrected chi connectivity index (χ3v) is 7.48. The molecule has 0 aromatic heterocycles. The molecule has 0 aliphatic carbocycles. The first-order valence-electron chi connectivity index (χ1n) is 9.97. The van der Waals surface area contributed by atoms with Crippen LogP contribution >= 0.6 is 0 Å². The normalized spacial score (nSPS) is 19.0. The molecule has 0 saturated carbocycles. The van der Waals surface area contributed by atoms with Gasteiger partial charge in [0.05, 0.1) is 17.0 Å². The molecule has 0 bridgehead atoms. The van der Waals surface area contributed by atoms with Gasteiger partial charge in [-0.05, 0) is 48.9 Å². The van der Waals surface area contributed by atoms with Crippen molar-refractivity contribution < 1.29 is 26.4 Å². The lowest BCUT2D eigenvalue weighted by Gasteiger charge is -2.36. The van der Waals surface area contributed by atoms with Gasteiger partial charge in [0.15, 0.2) is 0 Å². The summed E-state index contributed by atoms with van der Waals surface area (Å²) in [5.74, 6) is -0.0522. The Morgan fingerprint density at radius 1 is 0.871 bits per heavy atom. The second kappa shape index (κ2) is 8.07. The van der Waals surface area contributed by atoms with Crippen molar-refractivity contribution in [2.75, 3.05) is 47.7 Å². The van der Waals surface area contributed by atoms with Crippen molar-refractivity contribution in [2.45, 2.75) is 12.6 Å². The van der Waals surface area contributed by atoms with Gasteiger partial charge in [-0.25, -0.2) is 8.42 Å². The third kappa shape index (κ3) is 4.48. The summed E-state index contributed by atoms with van der Waals surface area (Å²) in [6.07, 6.45) is -3.81. The number of hydrogen-bond donors (Lipinski definition) is 0. The number of halogens is 3. The number of carbonyl (C=O) groups excluding carboxylic acids is 1. The molecule has 2 aliphatic rings. The zero-order valence-corrected chi connectivity index (χ0v) is 17.5. The molecule has 2 saturated heterocycles. The van der Waals surface area contributed by atoms with Crippen LogP contribution < -0.4 is 9.21 Å². The average Bonchev–Trinajstić information content (AvgIpc) is 3.12. The lowest BCUT2D eigenvalue weighted by Crippen LogP contribution is -2.48. The van der Waals surface area contributed by atoms with Crippen molar-refractivity contribution in [3.63, 3.8) is 0 Å². The van der Waals surface area contributed by atoms with E-state index in [9.17, 15) is 26.4 Å². The molecule has 31 heavy (non-hydrogen) atoms. The fourth-order valence-electron chi connectivity index (χ4n) is 3.93. The van der Waals surface area contributed by atoms with Gasteiger partial charge in [-0.15, -0.1) is 0 Å². The predicted octanol–water partition coefficient (Wildman–Crippen LogP) is 3.21. The van der Waals surface area contributed by atoms with Gasteiger partial charge in [0.1, 0.15) is 0 Å². The molecule has 2 heterocycles. The second-order valence-corrected chi connectivity index (χ2v) is 9.63. The van der Waals surface area contributed by atoms with Crippen molar-refractivity contribution in [1.82, 2.24) is 4.90 Å². The first-order valence-corrected chi connectivity index (χ1v) is 11.6. The second-order valence-electron chi connectivity index (χ2n) is 7.62. The van der Waals surface area contributed by atoms with E-state index in [-0.39, 0.29) is 11.7 Å². The highest BCUT2D eigenvalue weighted by atomic mass is 32.2. The molecule has 2 aromatic carbocycles. The number of amides is 1. The van der Waals surface area contributed by atoms with Gasteiger partial charge >= 0.3 is 6.18 Å². The summed E-state index contributed by atoms with van der Waals surface area (Å²) in [6.45, 7) is 2.07. The Labute approximate surface area is 178 Å². The van der Waals surface area contributed by atoms with Crippen molar-refractivity contribution in [2.24, 2.45) is 0 Å². The number of hydrogen-bond acceptors (Lipinski definition) is 4. The number of alkyl halides is 3. The van der Waals surface area contributed by atoms with Gasteiger partial charge in [0, 0.05) is 44.0 Å². The summed E-state index contributed by atoms with van der Waals surface area (Å²) in [4.78, 5) is 16.3. The molecule has 2 aromatic rings. The number of carbonyl (C=O) groups is 1. The van der Waals surface area contributed by atoms with Crippen LogP contribution in [0.25, 0.3) is 0 Å². The Morgan fingerprint density at radius 2 is 1.55 bits per heavy atom. The Balaban J connectivity index is 1.40. The van der Waals surface area contributed by atoms with Crippen LogP contribution in [0.3, 0.4) is 0 Å². The molecule has 2 aliphatic heterocycles. The molecular weight excluding hydrogens is 431 g/mol. The summed E-state index contributed by atoms with van der Waals surface area (Å²) in [5, 5.41) is 0. The van der Waals surface area contributed by atoms with Crippen LogP contribution in [0.4, 0.5) is 24.5 Å². The zero-order chi connectivity index (χ0) is 22.2. The first-order chi connectivity index (χ1) is 14.6. The molecule has 0 N–H and O–H groups in total. The SMILES string of the molecule is O=C(c1ccc(N2CCCS2(=O)=O)cc1)N1CCN(c2cccc(C(F)(F)F)c2)CC1. The van der Waals surface area contributed by atoms with E-state index in [1.165, 1.54) is 10.4 Å². The monoisotopic (exact) mass is 453 g/mol. The standard InChI is InChI=1S/C21H22F3N3O3S/c22-21(23,24)17-3-1-4-19(15-17)25-10-12-26(13-11-25)20(28)16-5-7-18(8-6-16)27-9-2-14-31(27,29)30/h1,3-8,15H,2,9-14H2. The van der Waals surface area contributed by atoms with Crippen molar-refractivity contribution >= 4 is 27.3 Å². The predicted molar refractivity (Wildman–Crippen MR) is 112 cm³/mol. The van der Waals surface area contributed by atoms with Gasteiger partial charge in [-0.3, -0.25) is 9.10 Å². The van der Waals surface area contributed by atoms with E-state index in [2.05, 4.69) is 0 Å². The molecule has 1 amide bonds. The first kappa shape index (κ1) is 21.5. The van der Waals surface area contributed by atoms with Crippen LogP contribution in [0.1, 0.15) is 22.3 Å². The summed E-state index contributed by atoms with van der Waals surface area (Å²) < 4.78 is 64.3. The Morgan fingerprint density at radius 3 is 2.13 bits per heavy atom. The highest BCUT2D eigenvalue weighted by Crippen LogP contribution is 2.32. The molecule has 6 nitrogen and oxygen atoms in total. The largest absolute Gasteiger partial charge is 0.416 e. The number of nitrogens with zero attached hydrogens (tertiary/aromatic N) is 3. The maximum absolute atomic E-state index is 13.0. The number of sulfonamides is 1. The van der Waals surface area contributed by atoms with E-state index in [4.69, 9.17) is 0 Å². The molecule has 2 fully saturated rings. The summed E-state index contributed by atoms with van der Waals surface area (Å²) in [5.41, 5.74) is 0.790. The molecule has 4 rings (SSSR count). The zero-order valence-electron chi connectivity index (χ0n) is 16.7. The highest BCUT2D eigenvalue weighted by Gasteiger charge is 2.32. The van der Waals surface area contributed by atoms with Crippen LogP contribution in [-0.2, 0) is 16.2 Å². The van der Waals surface area contributed by atoms with E-state index in [0.717, 1.165) is 12.1 Å². The maximum atomic E-state index is 13.0. The van der Waals surface area contributed by atoms with Gasteiger partial charge in [0.2, 0.25) is 10.0 Å². The minimum atomic E-state index is -4.39. The quantitative estimate of drug-likeness (QED) is 0.716. The lowest BCUT2D eigenvalue weighted by molar-refractivity contribution is -0.137.